The summed E-state index contributed by atoms with van der Waals surface area (Å²) in [4.78, 5) is 17.7. The molecule has 18 heavy (non-hydrogen) atoms. The number of hydrogen-bond donors (Lipinski definition) is 1. The van der Waals surface area contributed by atoms with Gasteiger partial charge in [0.15, 0.2) is 5.13 Å². The average molecular weight is 270 g/mol. The number of carboxylic acids is 1. The third-order valence-corrected chi connectivity index (χ3v) is 4.35. The summed E-state index contributed by atoms with van der Waals surface area (Å²) >= 11 is 1.48. The van der Waals surface area contributed by atoms with Crippen LogP contribution in [0.25, 0.3) is 0 Å². The summed E-state index contributed by atoms with van der Waals surface area (Å²) in [7, 11) is 1.98. The second-order valence-electron chi connectivity index (χ2n) is 5.07. The van der Waals surface area contributed by atoms with Gasteiger partial charge >= 0.3 is 5.97 Å². The first kappa shape index (κ1) is 13.3. The Morgan fingerprint density at radius 2 is 2.39 bits per heavy atom. The Bertz CT molecular complexity index is 438. The summed E-state index contributed by atoms with van der Waals surface area (Å²) in [6, 6.07) is 0.344. The molecule has 0 aliphatic carbocycles. The number of rotatable bonds is 4. The van der Waals surface area contributed by atoms with Gasteiger partial charge in [0.05, 0.1) is 18.3 Å². The zero-order chi connectivity index (χ0) is 13.3. The molecule has 100 valence electrons. The Morgan fingerprint density at radius 1 is 1.67 bits per heavy atom. The number of nitrogens with zero attached hydrogens (tertiary/aromatic N) is 2. The standard InChI is InChI=1S/C12H18N2O3S/c1-12(2,10(15)16)9-7-18-11(13-9)14(3)8-4-5-17-6-8/h7-8H,4-6H2,1-3H3,(H,15,16). The first-order chi connectivity index (χ1) is 8.43. The van der Waals surface area contributed by atoms with Crippen LogP contribution in [0, 0.1) is 0 Å². The zero-order valence-electron chi connectivity index (χ0n) is 10.8. The number of anilines is 1. The van der Waals surface area contributed by atoms with E-state index in [0.717, 1.165) is 18.2 Å². The molecule has 0 radical (unpaired) electrons. The van der Waals surface area contributed by atoms with Crippen molar-refractivity contribution in [2.75, 3.05) is 25.2 Å². The molecule has 1 fully saturated rings. The van der Waals surface area contributed by atoms with Gasteiger partial charge in [0.2, 0.25) is 0 Å². The first-order valence-corrected chi connectivity index (χ1v) is 6.81. The topological polar surface area (TPSA) is 62.7 Å². The lowest BCUT2D eigenvalue weighted by atomic mass is 9.90. The molecule has 0 bridgehead atoms. The van der Waals surface area contributed by atoms with Crippen molar-refractivity contribution in [3.05, 3.63) is 11.1 Å². The SMILES string of the molecule is CN(c1nc(C(C)(C)C(=O)O)cs1)C1CCOC1. The number of ether oxygens (including phenoxy) is 1. The summed E-state index contributed by atoms with van der Waals surface area (Å²) in [5, 5.41) is 11.9. The van der Waals surface area contributed by atoms with Crippen molar-refractivity contribution in [1.82, 2.24) is 4.98 Å². The molecule has 1 aliphatic rings. The van der Waals surface area contributed by atoms with E-state index >= 15 is 0 Å². The minimum Gasteiger partial charge on any atom is -0.481 e. The highest BCUT2D eigenvalue weighted by Gasteiger charge is 2.33. The highest BCUT2D eigenvalue weighted by Crippen LogP contribution is 2.30. The van der Waals surface area contributed by atoms with Gasteiger partial charge < -0.3 is 14.7 Å². The van der Waals surface area contributed by atoms with Crippen LogP contribution < -0.4 is 4.90 Å². The fourth-order valence-electron chi connectivity index (χ4n) is 1.81. The fourth-order valence-corrected chi connectivity index (χ4v) is 2.84. The summed E-state index contributed by atoms with van der Waals surface area (Å²) in [5.74, 6) is -0.855. The van der Waals surface area contributed by atoms with E-state index in [1.54, 1.807) is 13.8 Å². The predicted octanol–water partition coefficient (Wildman–Crippen LogP) is 1.73. The summed E-state index contributed by atoms with van der Waals surface area (Å²) in [6.07, 6.45) is 0.994. The van der Waals surface area contributed by atoms with Crippen LogP contribution in [0.1, 0.15) is 26.0 Å². The number of hydrogen-bond acceptors (Lipinski definition) is 5. The van der Waals surface area contributed by atoms with Crippen LogP contribution in [-0.4, -0.2) is 42.4 Å². The molecule has 2 heterocycles. The molecular formula is C12H18N2O3S. The molecule has 1 aliphatic heterocycles. The van der Waals surface area contributed by atoms with Gasteiger partial charge in [-0.1, -0.05) is 0 Å². The van der Waals surface area contributed by atoms with Gasteiger partial charge in [-0.15, -0.1) is 11.3 Å². The normalized spacial score (nSPS) is 20.1. The van der Waals surface area contributed by atoms with Crippen molar-refractivity contribution in [1.29, 1.82) is 0 Å². The van der Waals surface area contributed by atoms with Crippen molar-refractivity contribution >= 4 is 22.4 Å². The monoisotopic (exact) mass is 270 g/mol. The van der Waals surface area contributed by atoms with E-state index in [1.165, 1.54) is 11.3 Å². The van der Waals surface area contributed by atoms with E-state index in [9.17, 15) is 9.90 Å². The number of aromatic nitrogens is 1. The third-order valence-electron chi connectivity index (χ3n) is 3.42. The summed E-state index contributed by atoms with van der Waals surface area (Å²) < 4.78 is 5.35. The lowest BCUT2D eigenvalue weighted by Crippen LogP contribution is -2.32. The van der Waals surface area contributed by atoms with Crippen LogP contribution in [0.4, 0.5) is 5.13 Å². The maximum Gasteiger partial charge on any atom is 0.315 e. The maximum absolute atomic E-state index is 11.2. The first-order valence-electron chi connectivity index (χ1n) is 5.93. The molecule has 0 spiro atoms. The van der Waals surface area contributed by atoms with Gasteiger partial charge in [0, 0.05) is 19.0 Å². The third kappa shape index (κ3) is 2.35. The van der Waals surface area contributed by atoms with Crippen LogP contribution in [0.2, 0.25) is 0 Å². The number of aliphatic carboxylic acids is 1. The number of thiazole rings is 1. The van der Waals surface area contributed by atoms with Crippen LogP contribution >= 0.6 is 11.3 Å². The molecule has 2 rings (SSSR count). The van der Waals surface area contributed by atoms with Crippen LogP contribution in [0.15, 0.2) is 5.38 Å². The molecule has 0 aromatic carbocycles. The molecule has 0 saturated carbocycles. The average Bonchev–Trinajstić information content (AvgIpc) is 2.99. The van der Waals surface area contributed by atoms with Gasteiger partial charge in [-0.3, -0.25) is 4.79 Å². The highest BCUT2D eigenvalue weighted by molar-refractivity contribution is 7.13. The minimum atomic E-state index is -0.943. The van der Waals surface area contributed by atoms with Crippen molar-refractivity contribution in [3.63, 3.8) is 0 Å². The Morgan fingerprint density at radius 3 is 2.94 bits per heavy atom. The molecule has 1 N–H and O–H groups in total. The van der Waals surface area contributed by atoms with Crippen molar-refractivity contribution < 1.29 is 14.6 Å². The smallest absolute Gasteiger partial charge is 0.315 e. The van der Waals surface area contributed by atoms with E-state index in [0.29, 0.717) is 18.3 Å². The number of likely N-dealkylation sites (N-methyl/N-ethyl adjacent to an activating group) is 1. The summed E-state index contributed by atoms with van der Waals surface area (Å²) in [5.41, 5.74) is -0.331. The van der Waals surface area contributed by atoms with Crippen LogP contribution in [0.3, 0.4) is 0 Å². The Kier molecular flexibility index (Phi) is 3.59. The molecular weight excluding hydrogens is 252 g/mol. The molecule has 6 heteroatoms. The van der Waals surface area contributed by atoms with Crippen molar-refractivity contribution in [2.45, 2.75) is 31.7 Å². The van der Waals surface area contributed by atoms with E-state index < -0.39 is 11.4 Å². The second kappa shape index (κ2) is 4.85. The van der Waals surface area contributed by atoms with Crippen LogP contribution in [-0.2, 0) is 14.9 Å². The van der Waals surface area contributed by atoms with E-state index in [1.807, 2.05) is 12.4 Å². The van der Waals surface area contributed by atoms with Crippen LogP contribution in [0.5, 0.6) is 0 Å². The Labute approximate surface area is 110 Å². The zero-order valence-corrected chi connectivity index (χ0v) is 11.7. The van der Waals surface area contributed by atoms with Gasteiger partial charge in [-0.25, -0.2) is 4.98 Å². The molecule has 1 aromatic heterocycles. The molecule has 1 atom stereocenters. The van der Waals surface area contributed by atoms with Gasteiger partial charge in [-0.05, 0) is 20.3 Å². The van der Waals surface area contributed by atoms with Gasteiger partial charge in [-0.2, -0.15) is 0 Å². The highest BCUT2D eigenvalue weighted by atomic mass is 32.1. The van der Waals surface area contributed by atoms with Crippen molar-refractivity contribution in [3.8, 4) is 0 Å². The minimum absolute atomic E-state index is 0.344. The summed E-state index contributed by atoms with van der Waals surface area (Å²) in [6.45, 7) is 4.85. The quantitative estimate of drug-likeness (QED) is 0.902. The second-order valence-corrected chi connectivity index (χ2v) is 5.91. The number of carbonyl (C=O) groups is 1. The van der Waals surface area contributed by atoms with E-state index in [4.69, 9.17) is 4.74 Å². The van der Waals surface area contributed by atoms with Crippen molar-refractivity contribution in [2.24, 2.45) is 0 Å². The van der Waals surface area contributed by atoms with Gasteiger partial charge in [0.1, 0.15) is 5.41 Å². The largest absolute Gasteiger partial charge is 0.481 e. The molecule has 1 aromatic rings. The molecule has 1 unspecified atom stereocenters. The lowest BCUT2D eigenvalue weighted by Gasteiger charge is -2.22. The van der Waals surface area contributed by atoms with E-state index in [-0.39, 0.29) is 0 Å². The van der Waals surface area contributed by atoms with Gasteiger partial charge in [0.25, 0.3) is 0 Å². The Hall–Kier alpha value is -1.14. The predicted molar refractivity (Wildman–Crippen MR) is 70.4 cm³/mol. The Balaban J connectivity index is 2.17. The molecule has 1 saturated heterocycles. The lowest BCUT2D eigenvalue weighted by molar-refractivity contribution is -0.142. The number of carboxylic acid groups (broad SMARTS) is 1. The maximum atomic E-state index is 11.2. The fraction of sp³-hybridized carbons (Fsp3) is 0.667. The van der Waals surface area contributed by atoms with E-state index in [2.05, 4.69) is 9.88 Å². The molecule has 5 nitrogen and oxygen atoms in total. The molecule has 0 amide bonds.